The monoisotopic (exact) mass is 377 g/mol. The summed E-state index contributed by atoms with van der Waals surface area (Å²) < 4.78 is 9.77. The van der Waals surface area contributed by atoms with Gasteiger partial charge in [0.1, 0.15) is 0 Å². The molecule has 2 atom stereocenters. The zero-order valence-corrected chi connectivity index (χ0v) is 15.7. The van der Waals surface area contributed by atoms with E-state index in [9.17, 15) is 14.4 Å². The molecule has 26 heavy (non-hydrogen) atoms. The number of benzene rings is 1. The van der Waals surface area contributed by atoms with Gasteiger partial charge in [-0.1, -0.05) is 36.7 Å². The summed E-state index contributed by atoms with van der Waals surface area (Å²) in [6.45, 7) is 3.13. The molecule has 0 fully saturated rings. The minimum atomic E-state index is -0.653. The van der Waals surface area contributed by atoms with Crippen LogP contribution < -0.4 is 5.32 Å². The zero-order valence-electron chi connectivity index (χ0n) is 15.0. The highest BCUT2D eigenvalue weighted by atomic mass is 35.5. The second-order valence-electron chi connectivity index (χ2n) is 5.87. The quantitative estimate of drug-likeness (QED) is 0.815. The molecule has 1 aliphatic rings. The standard InChI is InChI=1S/C19H20ClNO5/c1-10-15(21-11(2)22)9-14(12-5-7-13(20)8-6-12)17(19(24)26-4)16(10)18(23)25-3/h5-10,15H,1-4H3,(H,21,22)/t10-,15-/m0/s1. The fourth-order valence-electron chi connectivity index (χ4n) is 2.95. The van der Waals surface area contributed by atoms with Crippen molar-refractivity contribution >= 4 is 35.0 Å². The van der Waals surface area contributed by atoms with Crippen molar-refractivity contribution in [1.29, 1.82) is 0 Å². The van der Waals surface area contributed by atoms with Crippen LogP contribution in [0, 0.1) is 5.92 Å². The largest absolute Gasteiger partial charge is 0.466 e. The number of carbonyl (C=O) groups excluding carboxylic acids is 3. The van der Waals surface area contributed by atoms with E-state index in [1.165, 1.54) is 21.1 Å². The van der Waals surface area contributed by atoms with Crippen LogP contribution in [0.2, 0.25) is 5.02 Å². The molecule has 0 aromatic heterocycles. The Kier molecular flexibility index (Phi) is 6.21. The lowest BCUT2D eigenvalue weighted by molar-refractivity contribution is -0.139. The van der Waals surface area contributed by atoms with Gasteiger partial charge in [-0.05, 0) is 23.3 Å². The maximum atomic E-state index is 12.5. The topological polar surface area (TPSA) is 81.7 Å². The number of methoxy groups -OCH3 is 2. The van der Waals surface area contributed by atoms with Gasteiger partial charge in [0, 0.05) is 17.9 Å². The number of ether oxygens (including phenoxy) is 2. The molecule has 2 rings (SSSR count). The lowest BCUT2D eigenvalue weighted by atomic mass is 9.78. The minimum absolute atomic E-state index is 0.121. The lowest BCUT2D eigenvalue weighted by Gasteiger charge is -2.31. The summed E-state index contributed by atoms with van der Waals surface area (Å²) in [6.07, 6.45) is 1.74. The molecule has 6 nitrogen and oxygen atoms in total. The van der Waals surface area contributed by atoms with E-state index in [1.54, 1.807) is 37.3 Å². The van der Waals surface area contributed by atoms with Crippen LogP contribution in [0.15, 0.2) is 41.5 Å². The van der Waals surface area contributed by atoms with Gasteiger partial charge in [0.25, 0.3) is 0 Å². The van der Waals surface area contributed by atoms with Crippen molar-refractivity contribution in [2.75, 3.05) is 14.2 Å². The summed E-state index contributed by atoms with van der Waals surface area (Å²) in [4.78, 5) is 36.5. The number of hydrogen-bond donors (Lipinski definition) is 1. The Labute approximate surface area is 156 Å². The first kappa shape index (κ1) is 19.7. The molecule has 138 valence electrons. The Morgan fingerprint density at radius 1 is 1.04 bits per heavy atom. The molecular weight excluding hydrogens is 358 g/mol. The number of rotatable bonds is 4. The molecule has 1 N–H and O–H groups in total. The molecular formula is C19H20ClNO5. The van der Waals surface area contributed by atoms with Crippen molar-refractivity contribution in [1.82, 2.24) is 5.32 Å². The molecule has 7 heteroatoms. The van der Waals surface area contributed by atoms with Crippen LogP contribution in [0.3, 0.4) is 0 Å². The predicted molar refractivity (Wildman–Crippen MR) is 97.3 cm³/mol. The molecule has 0 spiro atoms. The van der Waals surface area contributed by atoms with Gasteiger partial charge >= 0.3 is 11.9 Å². The molecule has 0 saturated heterocycles. The first-order chi connectivity index (χ1) is 12.3. The molecule has 0 saturated carbocycles. The van der Waals surface area contributed by atoms with E-state index in [2.05, 4.69) is 5.32 Å². The number of amides is 1. The maximum absolute atomic E-state index is 12.5. The van der Waals surface area contributed by atoms with Gasteiger partial charge in [-0.25, -0.2) is 9.59 Å². The van der Waals surface area contributed by atoms with E-state index < -0.39 is 23.9 Å². The summed E-state index contributed by atoms with van der Waals surface area (Å²) in [5.41, 5.74) is 1.42. The SMILES string of the molecule is COC(=O)C1=C(C(=O)OC)[C@@H](C)[C@@H](NC(C)=O)C=C1c1ccc(Cl)cc1. The first-order valence-corrected chi connectivity index (χ1v) is 8.34. The van der Waals surface area contributed by atoms with E-state index in [0.29, 0.717) is 16.2 Å². The average molecular weight is 378 g/mol. The van der Waals surface area contributed by atoms with Crippen molar-refractivity contribution in [2.45, 2.75) is 19.9 Å². The number of esters is 2. The van der Waals surface area contributed by atoms with E-state index in [-0.39, 0.29) is 17.1 Å². The van der Waals surface area contributed by atoms with Crippen LogP contribution >= 0.6 is 11.6 Å². The fraction of sp³-hybridized carbons (Fsp3) is 0.316. The van der Waals surface area contributed by atoms with E-state index in [1.807, 2.05) is 0 Å². The summed E-state index contributed by atoms with van der Waals surface area (Å²) in [6, 6.07) is 6.33. The highest BCUT2D eigenvalue weighted by molar-refractivity contribution is 6.30. The Morgan fingerprint density at radius 3 is 2.12 bits per heavy atom. The van der Waals surface area contributed by atoms with Crippen molar-refractivity contribution in [3.8, 4) is 0 Å². The van der Waals surface area contributed by atoms with Gasteiger partial charge in [0.2, 0.25) is 5.91 Å². The summed E-state index contributed by atoms with van der Waals surface area (Å²) >= 11 is 5.94. The second-order valence-corrected chi connectivity index (χ2v) is 6.31. The molecule has 1 aromatic carbocycles. The normalized spacial score (nSPS) is 19.5. The van der Waals surface area contributed by atoms with E-state index >= 15 is 0 Å². The van der Waals surface area contributed by atoms with Gasteiger partial charge < -0.3 is 14.8 Å². The summed E-state index contributed by atoms with van der Waals surface area (Å²) in [7, 11) is 2.49. The molecule has 0 bridgehead atoms. The van der Waals surface area contributed by atoms with Crippen molar-refractivity contribution in [2.24, 2.45) is 5.92 Å². The van der Waals surface area contributed by atoms with E-state index in [0.717, 1.165) is 0 Å². The highest BCUT2D eigenvalue weighted by Crippen LogP contribution is 2.37. The Balaban J connectivity index is 2.72. The predicted octanol–water partition coefficient (Wildman–Crippen LogP) is 2.52. The van der Waals surface area contributed by atoms with Crippen molar-refractivity contribution in [3.05, 3.63) is 52.1 Å². The minimum Gasteiger partial charge on any atom is -0.466 e. The third-order valence-corrected chi connectivity index (χ3v) is 4.45. The highest BCUT2D eigenvalue weighted by Gasteiger charge is 2.37. The van der Waals surface area contributed by atoms with Crippen LogP contribution in [0.1, 0.15) is 19.4 Å². The second kappa shape index (κ2) is 8.19. The fourth-order valence-corrected chi connectivity index (χ4v) is 3.08. The number of nitrogens with one attached hydrogen (secondary N) is 1. The van der Waals surface area contributed by atoms with Crippen LogP contribution in [-0.2, 0) is 23.9 Å². The zero-order chi connectivity index (χ0) is 19.4. The first-order valence-electron chi connectivity index (χ1n) is 7.96. The van der Waals surface area contributed by atoms with Gasteiger partial charge in [-0.2, -0.15) is 0 Å². The average Bonchev–Trinajstić information content (AvgIpc) is 2.62. The molecule has 0 radical (unpaired) electrons. The smallest absolute Gasteiger partial charge is 0.339 e. The lowest BCUT2D eigenvalue weighted by Crippen LogP contribution is -2.42. The number of hydrogen-bond acceptors (Lipinski definition) is 5. The Morgan fingerprint density at radius 2 is 1.62 bits per heavy atom. The molecule has 1 aromatic rings. The number of carbonyl (C=O) groups is 3. The van der Waals surface area contributed by atoms with Crippen molar-refractivity contribution in [3.63, 3.8) is 0 Å². The number of halogens is 1. The molecule has 1 amide bonds. The maximum Gasteiger partial charge on any atom is 0.339 e. The third-order valence-electron chi connectivity index (χ3n) is 4.20. The van der Waals surface area contributed by atoms with Crippen LogP contribution in [0.4, 0.5) is 0 Å². The van der Waals surface area contributed by atoms with Gasteiger partial charge in [0.05, 0.1) is 31.4 Å². The van der Waals surface area contributed by atoms with Crippen LogP contribution in [0.5, 0.6) is 0 Å². The molecule has 0 heterocycles. The Bertz CT molecular complexity index is 795. The van der Waals surface area contributed by atoms with Crippen LogP contribution in [-0.4, -0.2) is 38.1 Å². The molecule has 0 unspecified atom stereocenters. The Hall–Kier alpha value is -2.60. The summed E-state index contributed by atoms with van der Waals surface area (Å²) in [5.74, 6) is -2.02. The van der Waals surface area contributed by atoms with E-state index in [4.69, 9.17) is 21.1 Å². The van der Waals surface area contributed by atoms with Gasteiger partial charge in [0.15, 0.2) is 0 Å². The summed E-state index contributed by atoms with van der Waals surface area (Å²) in [5, 5.41) is 3.33. The van der Waals surface area contributed by atoms with Gasteiger partial charge in [-0.15, -0.1) is 0 Å². The van der Waals surface area contributed by atoms with Gasteiger partial charge in [-0.3, -0.25) is 4.79 Å². The third kappa shape index (κ3) is 3.96. The van der Waals surface area contributed by atoms with Crippen LogP contribution in [0.25, 0.3) is 5.57 Å². The molecule has 1 aliphatic carbocycles. The van der Waals surface area contributed by atoms with Crippen molar-refractivity contribution < 1.29 is 23.9 Å². The molecule has 0 aliphatic heterocycles.